The van der Waals surface area contributed by atoms with Crippen LogP contribution >= 0.6 is 23.4 Å². The third kappa shape index (κ3) is 8.88. The predicted octanol–water partition coefficient (Wildman–Crippen LogP) is 8.37. The summed E-state index contributed by atoms with van der Waals surface area (Å²) >= 11 is 7.46. The summed E-state index contributed by atoms with van der Waals surface area (Å²) in [4.78, 5) is 40.9. The summed E-state index contributed by atoms with van der Waals surface area (Å²) in [6, 6.07) is 35.5. The molecule has 0 fully saturated rings. The molecule has 3 N–H and O–H groups in total. The standard InChI is InChI=1S/C37H29ClFN3O4S/c1-46-33-20-19-27(38)22-31(33)41-37(45)34(24-11-4-2-5-12-24)47-29-17-10-16-28(23-29)40-36(44)32(21-26-15-8-9-18-30(26)39)42-35(43)25-13-6-3-7-14-25/h2-23,34H,1H3,(H,40,44)(H,41,45)(H,42,43)/b32-21-. The van der Waals surface area contributed by atoms with Gasteiger partial charge in [0.2, 0.25) is 5.91 Å². The van der Waals surface area contributed by atoms with Crippen LogP contribution in [0.25, 0.3) is 6.08 Å². The molecule has 0 aliphatic heterocycles. The van der Waals surface area contributed by atoms with E-state index in [0.717, 1.165) is 5.56 Å². The second-order valence-corrected chi connectivity index (χ2v) is 11.7. The van der Waals surface area contributed by atoms with E-state index < -0.39 is 22.9 Å². The zero-order chi connectivity index (χ0) is 33.2. The van der Waals surface area contributed by atoms with Crippen molar-refractivity contribution in [3.8, 4) is 5.75 Å². The SMILES string of the molecule is COc1ccc(Cl)cc1NC(=O)C(Sc1cccc(NC(=O)/C(=C/c2ccccc2F)NC(=O)c2ccccc2)c1)c1ccccc1. The van der Waals surface area contributed by atoms with Gasteiger partial charge in [0.15, 0.2) is 0 Å². The van der Waals surface area contributed by atoms with Gasteiger partial charge < -0.3 is 20.7 Å². The van der Waals surface area contributed by atoms with Gasteiger partial charge in [-0.3, -0.25) is 14.4 Å². The number of nitrogens with one attached hydrogen (secondary N) is 3. The van der Waals surface area contributed by atoms with Gasteiger partial charge in [-0.1, -0.05) is 84.4 Å². The number of hydrogen-bond donors (Lipinski definition) is 3. The summed E-state index contributed by atoms with van der Waals surface area (Å²) in [5.74, 6) is -1.59. The smallest absolute Gasteiger partial charge is 0.272 e. The van der Waals surface area contributed by atoms with Gasteiger partial charge in [0, 0.05) is 26.7 Å². The zero-order valence-electron chi connectivity index (χ0n) is 25.1. The number of carbonyl (C=O) groups excluding carboxylic acids is 3. The van der Waals surface area contributed by atoms with Crippen molar-refractivity contribution in [3.05, 3.63) is 161 Å². The molecule has 0 aromatic heterocycles. The van der Waals surface area contributed by atoms with Crippen LogP contribution in [0.4, 0.5) is 15.8 Å². The number of thioether (sulfide) groups is 1. The van der Waals surface area contributed by atoms with Gasteiger partial charge in [0.25, 0.3) is 11.8 Å². The molecule has 47 heavy (non-hydrogen) atoms. The lowest BCUT2D eigenvalue weighted by molar-refractivity contribution is -0.116. The molecule has 1 atom stereocenters. The molecule has 0 heterocycles. The number of halogens is 2. The molecule has 5 aromatic carbocycles. The lowest BCUT2D eigenvalue weighted by atomic mass is 10.1. The highest BCUT2D eigenvalue weighted by Crippen LogP contribution is 2.38. The highest BCUT2D eigenvalue weighted by molar-refractivity contribution is 8.00. The first-order valence-electron chi connectivity index (χ1n) is 14.4. The molecule has 0 bridgehead atoms. The van der Waals surface area contributed by atoms with Gasteiger partial charge in [0.1, 0.15) is 22.5 Å². The quantitative estimate of drug-likeness (QED) is 0.0973. The monoisotopic (exact) mass is 665 g/mol. The van der Waals surface area contributed by atoms with Crippen molar-refractivity contribution < 1.29 is 23.5 Å². The third-order valence-corrected chi connectivity index (χ3v) is 8.32. The Hall–Kier alpha value is -5.38. The van der Waals surface area contributed by atoms with Crippen LogP contribution in [-0.2, 0) is 9.59 Å². The number of anilines is 2. The van der Waals surface area contributed by atoms with Gasteiger partial charge in [-0.2, -0.15) is 0 Å². The van der Waals surface area contributed by atoms with Gasteiger partial charge in [-0.25, -0.2) is 4.39 Å². The Bertz CT molecular complexity index is 1920. The number of carbonyl (C=O) groups is 3. The van der Waals surface area contributed by atoms with Crippen molar-refractivity contribution in [3.63, 3.8) is 0 Å². The van der Waals surface area contributed by atoms with Crippen LogP contribution in [0.5, 0.6) is 5.75 Å². The summed E-state index contributed by atoms with van der Waals surface area (Å²) in [6.45, 7) is 0. The summed E-state index contributed by atoms with van der Waals surface area (Å²) in [7, 11) is 1.51. The first-order chi connectivity index (χ1) is 22.8. The molecule has 0 aliphatic rings. The second kappa shape index (κ2) is 15.8. The van der Waals surface area contributed by atoms with Crippen molar-refractivity contribution in [2.75, 3.05) is 17.7 Å². The maximum atomic E-state index is 14.5. The molecular formula is C37H29ClFN3O4S. The van der Waals surface area contributed by atoms with E-state index >= 15 is 0 Å². The van der Waals surface area contributed by atoms with E-state index in [1.807, 2.05) is 36.4 Å². The van der Waals surface area contributed by atoms with Crippen LogP contribution in [0.1, 0.15) is 26.7 Å². The normalized spacial score (nSPS) is 11.7. The molecule has 5 rings (SSSR count). The fourth-order valence-corrected chi connectivity index (χ4v) is 5.80. The Morgan fingerprint density at radius 1 is 0.809 bits per heavy atom. The fraction of sp³-hybridized carbons (Fsp3) is 0.0541. The molecule has 3 amide bonds. The number of ether oxygens (including phenoxy) is 1. The predicted molar refractivity (Wildman–Crippen MR) is 185 cm³/mol. The highest BCUT2D eigenvalue weighted by atomic mass is 35.5. The second-order valence-electron chi connectivity index (χ2n) is 10.1. The van der Waals surface area contributed by atoms with Gasteiger partial charge >= 0.3 is 0 Å². The minimum absolute atomic E-state index is 0.128. The van der Waals surface area contributed by atoms with Crippen LogP contribution in [-0.4, -0.2) is 24.8 Å². The number of methoxy groups -OCH3 is 1. The number of rotatable bonds is 11. The van der Waals surface area contributed by atoms with Crippen molar-refractivity contribution in [2.45, 2.75) is 10.1 Å². The average Bonchev–Trinajstić information content (AvgIpc) is 3.08. The molecule has 0 spiro atoms. The van der Waals surface area contributed by atoms with Crippen molar-refractivity contribution in [1.29, 1.82) is 0 Å². The van der Waals surface area contributed by atoms with E-state index in [-0.39, 0.29) is 17.2 Å². The van der Waals surface area contributed by atoms with E-state index in [1.54, 1.807) is 72.8 Å². The zero-order valence-corrected chi connectivity index (χ0v) is 26.6. The number of amides is 3. The Morgan fingerprint density at radius 2 is 1.51 bits per heavy atom. The average molecular weight is 666 g/mol. The fourth-order valence-electron chi connectivity index (χ4n) is 4.55. The van der Waals surface area contributed by atoms with Crippen molar-refractivity contribution in [1.82, 2.24) is 5.32 Å². The Labute approximate surface area is 280 Å². The molecule has 0 aliphatic carbocycles. The molecule has 1 unspecified atom stereocenters. The van der Waals surface area contributed by atoms with E-state index in [0.29, 0.717) is 32.6 Å². The molecule has 0 saturated heterocycles. The van der Waals surface area contributed by atoms with Crippen LogP contribution < -0.4 is 20.7 Å². The molecular weight excluding hydrogens is 637 g/mol. The minimum Gasteiger partial charge on any atom is -0.495 e. The highest BCUT2D eigenvalue weighted by Gasteiger charge is 2.24. The maximum Gasteiger partial charge on any atom is 0.272 e. The van der Waals surface area contributed by atoms with Crippen LogP contribution in [0.3, 0.4) is 0 Å². The summed E-state index contributed by atoms with van der Waals surface area (Å²) < 4.78 is 19.9. The Balaban J connectivity index is 1.39. The van der Waals surface area contributed by atoms with Crippen molar-refractivity contribution >= 4 is 58.5 Å². The lowest BCUT2D eigenvalue weighted by Gasteiger charge is -2.19. The van der Waals surface area contributed by atoms with Gasteiger partial charge in [0.05, 0.1) is 12.8 Å². The molecule has 0 radical (unpaired) electrons. The number of hydrogen-bond acceptors (Lipinski definition) is 5. The van der Waals surface area contributed by atoms with Crippen molar-refractivity contribution in [2.24, 2.45) is 0 Å². The Morgan fingerprint density at radius 3 is 2.23 bits per heavy atom. The van der Waals surface area contributed by atoms with Gasteiger partial charge in [-0.05, 0) is 66.2 Å². The molecule has 10 heteroatoms. The van der Waals surface area contributed by atoms with Crippen LogP contribution in [0.15, 0.2) is 138 Å². The first-order valence-corrected chi connectivity index (χ1v) is 15.7. The largest absolute Gasteiger partial charge is 0.495 e. The Kier molecular flexibility index (Phi) is 11.1. The van der Waals surface area contributed by atoms with Crippen LogP contribution in [0, 0.1) is 5.82 Å². The summed E-state index contributed by atoms with van der Waals surface area (Å²) in [6.07, 6.45) is 1.28. The van der Waals surface area contributed by atoms with Crippen LogP contribution in [0.2, 0.25) is 5.02 Å². The van der Waals surface area contributed by atoms with Gasteiger partial charge in [-0.15, -0.1) is 11.8 Å². The minimum atomic E-state index is -0.687. The van der Waals surface area contributed by atoms with E-state index in [2.05, 4.69) is 16.0 Å². The molecule has 7 nitrogen and oxygen atoms in total. The van der Waals surface area contributed by atoms with E-state index in [9.17, 15) is 18.8 Å². The van der Waals surface area contributed by atoms with E-state index in [4.69, 9.17) is 16.3 Å². The molecule has 0 saturated carbocycles. The topological polar surface area (TPSA) is 96.5 Å². The lowest BCUT2D eigenvalue weighted by Crippen LogP contribution is -2.30. The first kappa shape index (κ1) is 33.0. The van der Waals surface area contributed by atoms with E-state index in [1.165, 1.54) is 43.1 Å². The molecule has 236 valence electrons. The summed E-state index contributed by atoms with van der Waals surface area (Å²) in [5.41, 5.74) is 1.89. The third-order valence-electron chi connectivity index (χ3n) is 6.84. The summed E-state index contributed by atoms with van der Waals surface area (Å²) in [5, 5.41) is 8.09. The molecule has 5 aromatic rings. The number of benzene rings is 5. The maximum absolute atomic E-state index is 14.5.